The highest BCUT2D eigenvalue weighted by Gasteiger charge is 2.06. The third-order valence-corrected chi connectivity index (χ3v) is 3.06. The van der Waals surface area contributed by atoms with E-state index in [1.54, 1.807) is 23.0 Å². The lowest BCUT2D eigenvalue weighted by Gasteiger charge is -2.06. The summed E-state index contributed by atoms with van der Waals surface area (Å²) in [6.45, 7) is 0.366. The molecule has 6 heteroatoms. The van der Waals surface area contributed by atoms with Crippen LogP contribution < -0.4 is 5.73 Å². The van der Waals surface area contributed by atoms with Crippen LogP contribution in [0.5, 0.6) is 0 Å². The van der Waals surface area contributed by atoms with Gasteiger partial charge in [0.05, 0.1) is 16.3 Å². The Hall–Kier alpha value is -1.02. The molecule has 1 aromatic heterocycles. The highest BCUT2D eigenvalue weighted by atomic mass is 127. The van der Waals surface area contributed by atoms with Gasteiger partial charge < -0.3 is 5.73 Å². The van der Waals surface area contributed by atoms with Crippen molar-refractivity contribution in [3.63, 3.8) is 0 Å². The van der Waals surface area contributed by atoms with Gasteiger partial charge in [-0.05, 0) is 40.8 Å². The molecule has 0 unspecified atom stereocenters. The molecular formula is C11H9FIN3S. The quantitative estimate of drug-likeness (QED) is 0.674. The van der Waals surface area contributed by atoms with Gasteiger partial charge in [-0.25, -0.2) is 4.39 Å². The molecule has 0 atom stereocenters. The van der Waals surface area contributed by atoms with Crippen LogP contribution in [0.1, 0.15) is 11.1 Å². The monoisotopic (exact) mass is 361 g/mol. The van der Waals surface area contributed by atoms with Crippen molar-refractivity contribution in [2.75, 3.05) is 0 Å². The molecule has 0 bridgehead atoms. The summed E-state index contributed by atoms with van der Waals surface area (Å²) in [7, 11) is 0. The highest BCUT2D eigenvalue weighted by Crippen LogP contribution is 2.13. The third kappa shape index (κ3) is 3.01. The Balaban J connectivity index is 2.31. The number of nitrogens with two attached hydrogens (primary N) is 1. The van der Waals surface area contributed by atoms with Crippen molar-refractivity contribution in [1.29, 1.82) is 0 Å². The zero-order valence-electron chi connectivity index (χ0n) is 8.73. The number of rotatable bonds is 3. The van der Waals surface area contributed by atoms with Crippen LogP contribution in [-0.2, 0) is 6.54 Å². The maximum atomic E-state index is 13.6. The van der Waals surface area contributed by atoms with Crippen LogP contribution in [0.15, 0.2) is 30.6 Å². The number of hydrogen-bond acceptors (Lipinski definition) is 2. The zero-order valence-corrected chi connectivity index (χ0v) is 11.7. The summed E-state index contributed by atoms with van der Waals surface area (Å²) in [6.07, 6.45) is 3.56. The van der Waals surface area contributed by atoms with Crippen molar-refractivity contribution in [2.45, 2.75) is 6.54 Å². The summed E-state index contributed by atoms with van der Waals surface area (Å²) in [4.78, 5) is 0.265. The second-order valence-electron chi connectivity index (χ2n) is 3.53. The van der Waals surface area contributed by atoms with Gasteiger partial charge in [-0.1, -0.05) is 12.2 Å². The number of benzene rings is 1. The van der Waals surface area contributed by atoms with Crippen molar-refractivity contribution in [1.82, 2.24) is 9.78 Å². The van der Waals surface area contributed by atoms with Gasteiger partial charge in [0, 0.05) is 17.3 Å². The van der Waals surface area contributed by atoms with Crippen molar-refractivity contribution in [3.05, 3.63) is 51.1 Å². The molecule has 0 aliphatic rings. The maximum Gasteiger partial charge on any atom is 0.128 e. The van der Waals surface area contributed by atoms with Gasteiger partial charge in [-0.15, -0.1) is 0 Å². The Morgan fingerprint density at radius 2 is 2.29 bits per heavy atom. The van der Waals surface area contributed by atoms with E-state index < -0.39 is 0 Å². The van der Waals surface area contributed by atoms with E-state index in [0.29, 0.717) is 17.7 Å². The average molecular weight is 361 g/mol. The van der Waals surface area contributed by atoms with Gasteiger partial charge in [0.25, 0.3) is 0 Å². The molecule has 0 fully saturated rings. The Morgan fingerprint density at radius 1 is 1.53 bits per heavy atom. The normalized spacial score (nSPS) is 10.5. The molecule has 0 aliphatic heterocycles. The molecule has 1 aromatic carbocycles. The third-order valence-electron chi connectivity index (χ3n) is 2.26. The predicted octanol–water partition coefficient (Wildman–Crippen LogP) is 2.31. The summed E-state index contributed by atoms with van der Waals surface area (Å²) in [5.41, 5.74) is 6.70. The molecule has 2 aromatic rings. The highest BCUT2D eigenvalue weighted by molar-refractivity contribution is 14.1. The minimum Gasteiger partial charge on any atom is -0.389 e. The molecule has 88 valence electrons. The first-order valence-electron chi connectivity index (χ1n) is 4.82. The van der Waals surface area contributed by atoms with Crippen LogP contribution in [0, 0.1) is 9.39 Å². The van der Waals surface area contributed by atoms with Crippen molar-refractivity contribution in [2.24, 2.45) is 5.73 Å². The fourth-order valence-electron chi connectivity index (χ4n) is 1.45. The molecule has 0 amide bonds. The lowest BCUT2D eigenvalue weighted by molar-refractivity contribution is 0.585. The average Bonchev–Trinajstić information content (AvgIpc) is 2.67. The fourth-order valence-corrected chi connectivity index (χ4v) is 2.02. The molecule has 0 saturated heterocycles. The van der Waals surface area contributed by atoms with Crippen LogP contribution in [0.2, 0.25) is 0 Å². The number of hydrogen-bond donors (Lipinski definition) is 1. The lowest BCUT2D eigenvalue weighted by Crippen LogP contribution is -2.11. The SMILES string of the molecule is NC(=S)c1ccc(F)c(Cn2cc(I)cn2)c1. The molecule has 0 spiro atoms. The van der Waals surface area contributed by atoms with Gasteiger partial charge in [-0.3, -0.25) is 4.68 Å². The van der Waals surface area contributed by atoms with E-state index in [0.717, 1.165) is 3.57 Å². The van der Waals surface area contributed by atoms with E-state index in [9.17, 15) is 4.39 Å². The molecule has 0 aliphatic carbocycles. The summed E-state index contributed by atoms with van der Waals surface area (Å²) < 4.78 is 16.3. The van der Waals surface area contributed by atoms with Gasteiger partial charge in [0.2, 0.25) is 0 Å². The number of nitrogens with zero attached hydrogens (tertiary/aromatic N) is 2. The first kappa shape index (κ1) is 12.4. The molecule has 2 rings (SSSR count). The van der Waals surface area contributed by atoms with Crippen molar-refractivity contribution in [3.8, 4) is 0 Å². The second-order valence-corrected chi connectivity index (χ2v) is 5.21. The number of halogens is 2. The second kappa shape index (κ2) is 5.09. The fraction of sp³-hybridized carbons (Fsp3) is 0.0909. The van der Waals surface area contributed by atoms with E-state index in [1.165, 1.54) is 6.07 Å². The van der Waals surface area contributed by atoms with Gasteiger partial charge in [-0.2, -0.15) is 5.10 Å². The Morgan fingerprint density at radius 3 is 2.88 bits per heavy atom. The Kier molecular flexibility index (Phi) is 3.72. The maximum absolute atomic E-state index is 13.6. The zero-order chi connectivity index (χ0) is 12.4. The van der Waals surface area contributed by atoms with E-state index in [-0.39, 0.29) is 10.8 Å². The topological polar surface area (TPSA) is 43.8 Å². The standard InChI is InChI=1S/C11H9FIN3S/c12-10-2-1-7(11(14)17)3-8(10)5-16-6-9(13)4-15-16/h1-4,6H,5H2,(H2,14,17). The first-order valence-corrected chi connectivity index (χ1v) is 6.31. The minimum atomic E-state index is -0.282. The Bertz CT molecular complexity index is 568. The van der Waals surface area contributed by atoms with Crippen LogP contribution in [0.4, 0.5) is 4.39 Å². The summed E-state index contributed by atoms with van der Waals surface area (Å²) in [5, 5.41) is 4.11. The molecule has 0 saturated carbocycles. The van der Waals surface area contributed by atoms with E-state index >= 15 is 0 Å². The minimum absolute atomic E-state index is 0.265. The van der Waals surface area contributed by atoms with E-state index in [2.05, 4.69) is 27.7 Å². The summed E-state index contributed by atoms with van der Waals surface area (Å²) in [5.74, 6) is -0.282. The van der Waals surface area contributed by atoms with E-state index in [1.807, 2.05) is 6.20 Å². The number of aromatic nitrogens is 2. The summed E-state index contributed by atoms with van der Waals surface area (Å²) >= 11 is 7.02. The number of thiocarbonyl (C=S) groups is 1. The van der Waals surface area contributed by atoms with Crippen LogP contribution in [0.25, 0.3) is 0 Å². The van der Waals surface area contributed by atoms with Gasteiger partial charge >= 0.3 is 0 Å². The molecule has 2 N–H and O–H groups in total. The van der Waals surface area contributed by atoms with Gasteiger partial charge in [0.15, 0.2) is 0 Å². The molecular weight excluding hydrogens is 352 g/mol. The van der Waals surface area contributed by atoms with Crippen LogP contribution in [-0.4, -0.2) is 14.8 Å². The van der Waals surface area contributed by atoms with Crippen molar-refractivity contribution >= 4 is 39.8 Å². The van der Waals surface area contributed by atoms with Crippen LogP contribution >= 0.6 is 34.8 Å². The Labute approximate surface area is 117 Å². The molecule has 17 heavy (non-hydrogen) atoms. The molecule has 3 nitrogen and oxygen atoms in total. The predicted molar refractivity (Wildman–Crippen MR) is 76.3 cm³/mol. The van der Waals surface area contributed by atoms with Gasteiger partial charge in [0.1, 0.15) is 10.8 Å². The molecule has 1 heterocycles. The van der Waals surface area contributed by atoms with Crippen LogP contribution in [0.3, 0.4) is 0 Å². The van der Waals surface area contributed by atoms with Crippen molar-refractivity contribution < 1.29 is 4.39 Å². The smallest absolute Gasteiger partial charge is 0.128 e. The first-order chi connectivity index (χ1) is 8.06. The van der Waals surface area contributed by atoms with E-state index in [4.69, 9.17) is 18.0 Å². The lowest BCUT2D eigenvalue weighted by atomic mass is 10.1. The largest absolute Gasteiger partial charge is 0.389 e. The summed E-state index contributed by atoms with van der Waals surface area (Å²) in [6, 6.07) is 4.61. The molecule has 0 radical (unpaired) electrons.